The van der Waals surface area contributed by atoms with Crippen LogP contribution in [0.4, 0.5) is 0 Å². The van der Waals surface area contributed by atoms with E-state index >= 15 is 0 Å². The molecule has 1 aromatic rings. The van der Waals surface area contributed by atoms with Gasteiger partial charge in [0, 0.05) is 17.2 Å². The maximum Gasteiger partial charge on any atom is 0.188 e. The number of benzene rings is 1. The highest BCUT2D eigenvalue weighted by atomic mass is 35.5. The van der Waals surface area contributed by atoms with Gasteiger partial charge in [0.1, 0.15) is 6.61 Å². The Labute approximate surface area is 108 Å². The van der Waals surface area contributed by atoms with Crippen LogP contribution in [-0.4, -0.2) is 19.0 Å². The fourth-order valence-corrected chi connectivity index (χ4v) is 1.48. The molecule has 0 radical (unpaired) electrons. The van der Waals surface area contributed by atoms with Gasteiger partial charge in [-0.3, -0.25) is 4.79 Å². The molecule has 2 nitrogen and oxygen atoms in total. The van der Waals surface area contributed by atoms with E-state index < -0.39 is 0 Å². The summed E-state index contributed by atoms with van der Waals surface area (Å²) in [5.74, 6) is -0.0265. The summed E-state index contributed by atoms with van der Waals surface area (Å²) in [7, 11) is 0. The molecule has 0 heterocycles. The molecule has 1 rings (SSSR count). The molecule has 0 atom stereocenters. The summed E-state index contributed by atoms with van der Waals surface area (Å²) in [6, 6.07) is 6.93. The van der Waals surface area contributed by atoms with Crippen LogP contribution in [0, 0.1) is 5.41 Å². The topological polar surface area (TPSA) is 26.3 Å². The van der Waals surface area contributed by atoms with Gasteiger partial charge in [0.15, 0.2) is 5.78 Å². The van der Waals surface area contributed by atoms with E-state index in [9.17, 15) is 4.79 Å². The second kappa shape index (κ2) is 6.18. The summed E-state index contributed by atoms with van der Waals surface area (Å²) in [4.78, 5) is 11.7. The van der Waals surface area contributed by atoms with E-state index in [0.29, 0.717) is 17.2 Å². The molecule has 17 heavy (non-hydrogen) atoms. The number of hydrogen-bond acceptors (Lipinski definition) is 2. The number of rotatable bonds is 5. The maximum atomic E-state index is 11.7. The highest BCUT2D eigenvalue weighted by Gasteiger charge is 2.11. The average molecular weight is 255 g/mol. The second-order valence-corrected chi connectivity index (χ2v) is 5.73. The van der Waals surface area contributed by atoms with Gasteiger partial charge < -0.3 is 4.74 Å². The number of carbonyl (C=O) groups is 1. The minimum atomic E-state index is -0.0265. The lowest BCUT2D eigenvalue weighted by Gasteiger charge is -2.17. The summed E-state index contributed by atoms with van der Waals surface area (Å²) in [6.45, 7) is 7.17. The maximum absolute atomic E-state index is 11.7. The fraction of sp³-hybridized carbons (Fsp3) is 0.500. The first kappa shape index (κ1) is 14.2. The van der Waals surface area contributed by atoms with Crippen molar-refractivity contribution in [1.82, 2.24) is 0 Å². The first-order valence-electron chi connectivity index (χ1n) is 5.75. The summed E-state index contributed by atoms with van der Waals surface area (Å²) in [5.41, 5.74) is 0.840. The number of hydrogen-bond donors (Lipinski definition) is 0. The molecule has 1 aromatic carbocycles. The van der Waals surface area contributed by atoms with Gasteiger partial charge in [-0.25, -0.2) is 0 Å². The van der Waals surface area contributed by atoms with E-state index in [-0.39, 0.29) is 17.8 Å². The van der Waals surface area contributed by atoms with E-state index in [2.05, 4.69) is 20.8 Å². The molecule has 0 aromatic heterocycles. The lowest BCUT2D eigenvalue weighted by Crippen LogP contribution is -2.14. The van der Waals surface area contributed by atoms with Crippen LogP contribution in [0.25, 0.3) is 0 Å². The minimum Gasteiger partial charge on any atom is -0.373 e. The van der Waals surface area contributed by atoms with Crippen molar-refractivity contribution < 1.29 is 9.53 Å². The molecule has 0 spiro atoms. The summed E-state index contributed by atoms with van der Waals surface area (Å²) < 4.78 is 5.37. The van der Waals surface area contributed by atoms with Crippen LogP contribution in [-0.2, 0) is 4.74 Å². The van der Waals surface area contributed by atoms with E-state index in [1.54, 1.807) is 24.3 Å². The molecule has 0 saturated heterocycles. The third-order valence-corrected chi connectivity index (χ3v) is 2.61. The Balaban J connectivity index is 2.36. The Hall–Kier alpha value is -0.860. The van der Waals surface area contributed by atoms with Gasteiger partial charge in [-0.2, -0.15) is 0 Å². The van der Waals surface area contributed by atoms with Crippen molar-refractivity contribution in [3.63, 3.8) is 0 Å². The van der Waals surface area contributed by atoms with Crippen LogP contribution >= 0.6 is 11.6 Å². The summed E-state index contributed by atoms with van der Waals surface area (Å²) in [5, 5.41) is 0.575. The lowest BCUT2D eigenvalue weighted by atomic mass is 9.93. The van der Waals surface area contributed by atoms with Crippen LogP contribution in [0.1, 0.15) is 37.6 Å². The highest BCUT2D eigenvalue weighted by molar-refractivity contribution is 6.31. The molecular weight excluding hydrogens is 236 g/mol. The predicted octanol–water partition coefficient (Wildman–Crippen LogP) is 3.98. The Kier molecular flexibility index (Phi) is 5.16. The second-order valence-electron chi connectivity index (χ2n) is 5.30. The molecule has 0 amide bonds. The van der Waals surface area contributed by atoms with Crippen LogP contribution in [0.2, 0.25) is 5.02 Å². The molecule has 94 valence electrons. The molecular formula is C14H19ClO2. The summed E-state index contributed by atoms with van der Waals surface area (Å²) >= 11 is 5.82. The summed E-state index contributed by atoms with van der Waals surface area (Å²) in [6.07, 6.45) is 0.940. The van der Waals surface area contributed by atoms with Gasteiger partial charge in [-0.05, 0) is 24.0 Å². The number of ether oxygens (including phenoxy) is 1. The van der Waals surface area contributed by atoms with Crippen LogP contribution in [0.5, 0.6) is 0 Å². The molecule has 0 saturated carbocycles. The Bertz CT molecular complexity index is 380. The zero-order chi connectivity index (χ0) is 12.9. The minimum absolute atomic E-state index is 0.0265. The third-order valence-electron chi connectivity index (χ3n) is 2.38. The van der Waals surface area contributed by atoms with Crippen molar-refractivity contribution in [1.29, 1.82) is 0 Å². The van der Waals surface area contributed by atoms with Gasteiger partial charge in [0.05, 0.1) is 0 Å². The number of carbonyl (C=O) groups excluding carboxylic acids is 1. The lowest BCUT2D eigenvalue weighted by molar-refractivity contribution is 0.0705. The molecule has 0 aliphatic heterocycles. The van der Waals surface area contributed by atoms with Crippen molar-refractivity contribution in [2.75, 3.05) is 13.2 Å². The van der Waals surface area contributed by atoms with Crippen LogP contribution in [0.15, 0.2) is 24.3 Å². The quantitative estimate of drug-likeness (QED) is 0.587. The predicted molar refractivity (Wildman–Crippen MR) is 70.7 cm³/mol. The van der Waals surface area contributed by atoms with Gasteiger partial charge in [-0.1, -0.05) is 44.5 Å². The Morgan fingerprint density at radius 1 is 1.35 bits per heavy atom. The third kappa shape index (κ3) is 5.85. The largest absolute Gasteiger partial charge is 0.373 e. The van der Waals surface area contributed by atoms with Crippen molar-refractivity contribution in [3.8, 4) is 0 Å². The molecule has 0 aliphatic carbocycles. The molecule has 0 N–H and O–H groups in total. The number of ketones is 1. The van der Waals surface area contributed by atoms with Crippen molar-refractivity contribution in [2.45, 2.75) is 27.2 Å². The van der Waals surface area contributed by atoms with Crippen LogP contribution in [0.3, 0.4) is 0 Å². The van der Waals surface area contributed by atoms with Crippen LogP contribution < -0.4 is 0 Å². The van der Waals surface area contributed by atoms with E-state index in [0.717, 1.165) is 6.42 Å². The molecule has 0 aliphatic rings. The molecule has 0 fully saturated rings. The standard InChI is InChI=1S/C14H19ClO2/c1-14(2,3)7-8-17-10-13(16)11-5-4-6-12(15)9-11/h4-6,9H,7-8,10H2,1-3H3. The number of Topliss-reactive ketones (excluding diaryl/α,β-unsaturated/α-hetero) is 1. The van der Waals surface area contributed by atoms with Crippen molar-refractivity contribution in [2.24, 2.45) is 5.41 Å². The smallest absolute Gasteiger partial charge is 0.188 e. The molecule has 3 heteroatoms. The normalized spacial score (nSPS) is 11.5. The number of halogens is 1. The van der Waals surface area contributed by atoms with E-state index in [1.807, 2.05) is 0 Å². The fourth-order valence-electron chi connectivity index (χ4n) is 1.29. The van der Waals surface area contributed by atoms with Gasteiger partial charge in [-0.15, -0.1) is 0 Å². The highest BCUT2D eigenvalue weighted by Crippen LogP contribution is 2.18. The SMILES string of the molecule is CC(C)(C)CCOCC(=O)c1cccc(Cl)c1. The van der Waals surface area contributed by atoms with Gasteiger partial charge in [0.25, 0.3) is 0 Å². The molecule has 0 bridgehead atoms. The monoisotopic (exact) mass is 254 g/mol. The van der Waals surface area contributed by atoms with Gasteiger partial charge in [0.2, 0.25) is 0 Å². The Morgan fingerprint density at radius 3 is 2.65 bits per heavy atom. The van der Waals surface area contributed by atoms with Gasteiger partial charge >= 0.3 is 0 Å². The van der Waals surface area contributed by atoms with E-state index in [4.69, 9.17) is 16.3 Å². The molecule has 0 unspecified atom stereocenters. The zero-order valence-corrected chi connectivity index (χ0v) is 11.4. The van der Waals surface area contributed by atoms with Crippen molar-refractivity contribution >= 4 is 17.4 Å². The van der Waals surface area contributed by atoms with Crippen molar-refractivity contribution in [3.05, 3.63) is 34.9 Å². The Morgan fingerprint density at radius 2 is 2.06 bits per heavy atom. The average Bonchev–Trinajstić information content (AvgIpc) is 2.23. The first-order chi connectivity index (χ1) is 7.88. The zero-order valence-electron chi connectivity index (χ0n) is 10.6. The first-order valence-corrected chi connectivity index (χ1v) is 6.13. The van der Waals surface area contributed by atoms with E-state index in [1.165, 1.54) is 0 Å².